The molecule has 4 aliphatic carbocycles. The summed E-state index contributed by atoms with van der Waals surface area (Å²) in [5.41, 5.74) is 0.0354. The Hall–Kier alpha value is -2.01. The highest BCUT2D eigenvalue weighted by molar-refractivity contribution is 6.30. The standard InChI is InChI=1S/C21H21ClN2O3/c22-15-3-1-14(2-4-15)18(25)16-19(26)17(24-23-16)20(27)21-8-11-5-12(9-21)7-13(6-11)10-21/h1-4,11-13,16,27H,5-10H2/b20-17-. The summed E-state index contributed by atoms with van der Waals surface area (Å²) in [4.78, 5) is 25.5. The van der Waals surface area contributed by atoms with Crippen LogP contribution in [0.2, 0.25) is 5.02 Å². The molecule has 0 spiro atoms. The number of Topliss-reactive ketones (excluding diaryl/α,β-unsaturated/α-hetero) is 2. The van der Waals surface area contributed by atoms with Crippen molar-refractivity contribution in [2.24, 2.45) is 33.4 Å². The predicted octanol–water partition coefficient (Wildman–Crippen LogP) is 4.91. The first kappa shape index (κ1) is 17.1. The number of carbonyl (C=O) groups is 2. The maximum atomic E-state index is 12.9. The van der Waals surface area contributed by atoms with Gasteiger partial charge in [0.1, 0.15) is 5.76 Å². The van der Waals surface area contributed by atoms with Crippen LogP contribution in [-0.4, -0.2) is 22.7 Å². The Kier molecular flexibility index (Phi) is 3.80. The number of benzene rings is 1. The quantitative estimate of drug-likeness (QED) is 0.348. The first-order valence-electron chi connectivity index (χ1n) is 9.64. The fourth-order valence-corrected chi connectivity index (χ4v) is 6.23. The number of ketones is 2. The Labute approximate surface area is 162 Å². The molecule has 1 aromatic carbocycles. The van der Waals surface area contributed by atoms with E-state index in [-0.39, 0.29) is 16.9 Å². The molecule has 1 heterocycles. The molecule has 1 N–H and O–H groups in total. The molecule has 4 fully saturated rings. The van der Waals surface area contributed by atoms with Gasteiger partial charge < -0.3 is 5.11 Å². The van der Waals surface area contributed by atoms with Crippen LogP contribution in [0.1, 0.15) is 48.9 Å². The predicted molar refractivity (Wildman–Crippen MR) is 99.7 cm³/mol. The second-order valence-corrected chi connectivity index (χ2v) is 9.18. The van der Waals surface area contributed by atoms with Gasteiger partial charge in [0.25, 0.3) is 0 Å². The van der Waals surface area contributed by atoms with Crippen molar-refractivity contribution in [3.05, 3.63) is 46.3 Å². The van der Waals surface area contributed by atoms with E-state index in [1.54, 1.807) is 24.3 Å². The fraction of sp³-hybridized carbons (Fsp3) is 0.524. The molecule has 6 heteroatoms. The van der Waals surface area contributed by atoms with Crippen molar-refractivity contribution in [3.8, 4) is 0 Å². The smallest absolute Gasteiger partial charge is 0.220 e. The fourth-order valence-electron chi connectivity index (χ4n) is 6.11. The van der Waals surface area contributed by atoms with E-state index in [9.17, 15) is 14.7 Å². The first-order valence-corrected chi connectivity index (χ1v) is 10.0. The van der Waals surface area contributed by atoms with Gasteiger partial charge in [0.15, 0.2) is 17.5 Å². The van der Waals surface area contributed by atoms with Crippen LogP contribution in [0.5, 0.6) is 0 Å². The number of aliphatic hydroxyl groups excluding tert-OH is 1. The molecule has 0 saturated heterocycles. The zero-order valence-electron chi connectivity index (χ0n) is 14.9. The highest BCUT2D eigenvalue weighted by Crippen LogP contribution is 2.62. The van der Waals surface area contributed by atoms with E-state index in [4.69, 9.17) is 11.6 Å². The summed E-state index contributed by atoms with van der Waals surface area (Å²) in [5.74, 6) is 1.11. The minimum Gasteiger partial charge on any atom is -0.509 e. The van der Waals surface area contributed by atoms with Gasteiger partial charge in [-0.2, -0.15) is 5.11 Å². The SMILES string of the molecule is O=C1/C(=C(/O)C23CC4CC(CC(C4)C2)C3)N=NC1C(=O)c1ccc(Cl)cc1. The number of hydrogen-bond acceptors (Lipinski definition) is 5. The summed E-state index contributed by atoms with van der Waals surface area (Å²) in [6, 6.07) is 5.17. The van der Waals surface area contributed by atoms with Crippen LogP contribution in [0, 0.1) is 23.2 Å². The topological polar surface area (TPSA) is 79.1 Å². The van der Waals surface area contributed by atoms with Crippen LogP contribution in [0.4, 0.5) is 0 Å². The van der Waals surface area contributed by atoms with Gasteiger partial charge in [0.2, 0.25) is 5.78 Å². The minimum atomic E-state index is -1.20. The number of hydrogen-bond donors (Lipinski definition) is 1. The first-order chi connectivity index (χ1) is 12.9. The van der Waals surface area contributed by atoms with E-state index in [1.165, 1.54) is 19.3 Å². The summed E-state index contributed by atoms with van der Waals surface area (Å²) in [6.07, 6.45) is 6.51. The third-order valence-corrected chi connectivity index (χ3v) is 7.15. The number of aliphatic hydroxyl groups is 1. The van der Waals surface area contributed by atoms with Gasteiger partial charge in [-0.3, -0.25) is 9.59 Å². The molecule has 27 heavy (non-hydrogen) atoms. The minimum absolute atomic E-state index is 0.00395. The molecule has 6 rings (SSSR count). The average molecular weight is 385 g/mol. The van der Waals surface area contributed by atoms with Crippen LogP contribution in [0.15, 0.2) is 46.0 Å². The molecule has 0 amide bonds. The molecule has 5 nitrogen and oxygen atoms in total. The van der Waals surface area contributed by atoms with Gasteiger partial charge in [-0.15, -0.1) is 5.11 Å². The maximum absolute atomic E-state index is 12.9. The Bertz CT molecular complexity index is 852. The summed E-state index contributed by atoms with van der Waals surface area (Å²) in [7, 11) is 0. The van der Waals surface area contributed by atoms with Crippen molar-refractivity contribution in [3.63, 3.8) is 0 Å². The third-order valence-electron chi connectivity index (χ3n) is 6.90. The van der Waals surface area contributed by atoms with E-state index < -0.39 is 17.6 Å². The summed E-state index contributed by atoms with van der Waals surface area (Å²) >= 11 is 5.86. The zero-order valence-corrected chi connectivity index (χ0v) is 15.7. The number of allylic oxidation sites excluding steroid dienone is 1. The van der Waals surface area contributed by atoms with Gasteiger partial charge in [-0.25, -0.2) is 0 Å². The van der Waals surface area contributed by atoms with Crippen molar-refractivity contribution in [1.82, 2.24) is 0 Å². The number of nitrogens with zero attached hydrogens (tertiary/aromatic N) is 2. The largest absolute Gasteiger partial charge is 0.509 e. The lowest BCUT2D eigenvalue weighted by Gasteiger charge is -2.56. The molecular formula is C21H21ClN2O3. The van der Waals surface area contributed by atoms with Gasteiger partial charge in [-0.05, 0) is 80.5 Å². The van der Waals surface area contributed by atoms with Crippen LogP contribution in [0.25, 0.3) is 0 Å². The molecule has 4 bridgehead atoms. The molecule has 0 aromatic heterocycles. The Morgan fingerprint density at radius 1 is 1.04 bits per heavy atom. The lowest BCUT2D eigenvalue weighted by atomic mass is 9.49. The molecule has 140 valence electrons. The molecular weight excluding hydrogens is 364 g/mol. The molecule has 0 radical (unpaired) electrons. The number of rotatable bonds is 3. The van der Waals surface area contributed by atoms with Gasteiger partial charge in [0, 0.05) is 16.0 Å². The normalized spacial score (nSPS) is 38.5. The number of halogens is 1. The summed E-state index contributed by atoms with van der Waals surface area (Å²) in [6.45, 7) is 0. The average Bonchev–Trinajstić information content (AvgIpc) is 3.01. The highest BCUT2D eigenvalue weighted by atomic mass is 35.5. The molecule has 1 aliphatic heterocycles. The lowest BCUT2D eigenvalue weighted by molar-refractivity contribution is -0.115. The second kappa shape index (κ2) is 5.99. The van der Waals surface area contributed by atoms with Crippen LogP contribution in [-0.2, 0) is 4.79 Å². The molecule has 1 atom stereocenters. The second-order valence-electron chi connectivity index (χ2n) is 8.75. The molecule has 1 aromatic rings. The van der Waals surface area contributed by atoms with E-state index in [0.717, 1.165) is 19.3 Å². The van der Waals surface area contributed by atoms with Crippen LogP contribution < -0.4 is 0 Å². The van der Waals surface area contributed by atoms with Crippen LogP contribution >= 0.6 is 11.6 Å². The summed E-state index contributed by atoms with van der Waals surface area (Å²) < 4.78 is 0. The summed E-state index contributed by atoms with van der Waals surface area (Å²) in [5, 5.41) is 19.5. The van der Waals surface area contributed by atoms with Crippen molar-refractivity contribution >= 4 is 23.2 Å². The van der Waals surface area contributed by atoms with Crippen molar-refractivity contribution < 1.29 is 14.7 Å². The van der Waals surface area contributed by atoms with Crippen LogP contribution in [0.3, 0.4) is 0 Å². The number of azo groups is 1. The Morgan fingerprint density at radius 3 is 2.15 bits per heavy atom. The van der Waals surface area contributed by atoms with Gasteiger partial charge in [-0.1, -0.05) is 11.6 Å². The van der Waals surface area contributed by atoms with E-state index >= 15 is 0 Å². The maximum Gasteiger partial charge on any atom is 0.220 e. The van der Waals surface area contributed by atoms with E-state index in [1.807, 2.05) is 0 Å². The lowest BCUT2D eigenvalue weighted by Crippen LogP contribution is -2.47. The Morgan fingerprint density at radius 2 is 1.59 bits per heavy atom. The third kappa shape index (κ3) is 2.66. The van der Waals surface area contributed by atoms with Gasteiger partial charge >= 0.3 is 0 Å². The van der Waals surface area contributed by atoms with Crippen molar-refractivity contribution in [2.45, 2.75) is 44.6 Å². The van der Waals surface area contributed by atoms with E-state index in [2.05, 4.69) is 10.2 Å². The van der Waals surface area contributed by atoms with Gasteiger partial charge in [0.05, 0.1) is 0 Å². The highest BCUT2D eigenvalue weighted by Gasteiger charge is 2.54. The zero-order chi connectivity index (χ0) is 18.8. The molecule has 5 aliphatic rings. The Balaban J connectivity index is 1.43. The van der Waals surface area contributed by atoms with Crippen molar-refractivity contribution in [1.29, 1.82) is 0 Å². The molecule has 4 saturated carbocycles. The monoisotopic (exact) mass is 384 g/mol. The molecule has 1 unspecified atom stereocenters. The van der Waals surface area contributed by atoms with Crippen molar-refractivity contribution in [2.75, 3.05) is 0 Å². The number of carbonyl (C=O) groups excluding carboxylic acids is 2. The van der Waals surface area contributed by atoms with E-state index in [0.29, 0.717) is 28.3 Å².